The fraction of sp³-hybridized carbons (Fsp3) is 0.111. The van der Waals surface area contributed by atoms with Gasteiger partial charge in [0.1, 0.15) is 0 Å². The largest absolute Gasteiger partial charge is 0.179 e. The predicted molar refractivity (Wildman–Crippen MR) is 50.6 cm³/mol. The molecular formula is C9H8ClN3. The van der Waals surface area contributed by atoms with E-state index in [0.717, 1.165) is 5.56 Å². The number of aromatic nitrogens is 3. The third-order valence-corrected chi connectivity index (χ3v) is 1.85. The van der Waals surface area contributed by atoms with E-state index in [1.807, 2.05) is 30.3 Å². The van der Waals surface area contributed by atoms with Gasteiger partial charge in [0, 0.05) is 0 Å². The summed E-state index contributed by atoms with van der Waals surface area (Å²) < 4.78 is 0. The smallest absolute Gasteiger partial charge is 0.171 e. The second kappa shape index (κ2) is 3.58. The molecule has 0 aliphatic heterocycles. The van der Waals surface area contributed by atoms with Crippen molar-refractivity contribution in [2.24, 2.45) is 0 Å². The summed E-state index contributed by atoms with van der Waals surface area (Å²) in [5, 5.41) is 8.39. The first-order valence-corrected chi connectivity index (χ1v) is 4.32. The Balaban J connectivity index is 2.15. The summed E-state index contributed by atoms with van der Waals surface area (Å²) in [6.07, 6.45) is 1.53. The van der Waals surface area contributed by atoms with Gasteiger partial charge in [-0.2, -0.15) is 9.90 Å². The maximum Gasteiger partial charge on any atom is 0.171 e. The van der Waals surface area contributed by atoms with Gasteiger partial charge in [-0.1, -0.05) is 41.9 Å². The average Bonchev–Trinajstić information content (AvgIpc) is 2.53. The van der Waals surface area contributed by atoms with Crippen LogP contribution >= 0.6 is 11.6 Å². The Labute approximate surface area is 81.0 Å². The fourth-order valence-corrected chi connectivity index (χ4v) is 1.23. The molecule has 0 amide bonds. The minimum Gasteiger partial charge on any atom is -0.179 e. The Morgan fingerprint density at radius 1 is 1.23 bits per heavy atom. The zero-order chi connectivity index (χ0) is 9.10. The summed E-state index contributed by atoms with van der Waals surface area (Å²) in [6, 6.07) is 10.0. The van der Waals surface area contributed by atoms with Gasteiger partial charge < -0.3 is 0 Å². The standard InChI is InChI=1S/C9H8ClN3/c10-9-6-11-13(12-9)7-8-4-2-1-3-5-8/h1-6H,7H2. The van der Waals surface area contributed by atoms with Crippen LogP contribution in [0.2, 0.25) is 5.15 Å². The highest BCUT2D eigenvalue weighted by molar-refractivity contribution is 6.29. The average molecular weight is 194 g/mol. The first kappa shape index (κ1) is 8.26. The molecule has 0 fully saturated rings. The Hall–Kier alpha value is -1.35. The van der Waals surface area contributed by atoms with Gasteiger partial charge in [-0.3, -0.25) is 0 Å². The Bertz CT molecular complexity index is 383. The van der Waals surface area contributed by atoms with Crippen molar-refractivity contribution in [3.63, 3.8) is 0 Å². The van der Waals surface area contributed by atoms with Gasteiger partial charge in [0.25, 0.3) is 0 Å². The van der Waals surface area contributed by atoms with Gasteiger partial charge in [0.2, 0.25) is 0 Å². The molecule has 0 aliphatic carbocycles. The van der Waals surface area contributed by atoms with Crippen molar-refractivity contribution in [2.75, 3.05) is 0 Å². The maximum atomic E-state index is 5.63. The highest BCUT2D eigenvalue weighted by Crippen LogP contribution is 2.03. The summed E-state index contributed by atoms with van der Waals surface area (Å²) in [6.45, 7) is 0.660. The fourth-order valence-electron chi connectivity index (χ4n) is 1.10. The van der Waals surface area contributed by atoms with Crippen LogP contribution in [0.3, 0.4) is 0 Å². The lowest BCUT2D eigenvalue weighted by molar-refractivity contribution is 0.591. The molecule has 0 aliphatic rings. The first-order valence-electron chi connectivity index (χ1n) is 3.94. The van der Waals surface area contributed by atoms with E-state index >= 15 is 0 Å². The summed E-state index contributed by atoms with van der Waals surface area (Å²) in [7, 11) is 0. The second-order valence-corrected chi connectivity index (χ2v) is 3.07. The highest BCUT2D eigenvalue weighted by atomic mass is 35.5. The lowest BCUT2D eigenvalue weighted by Crippen LogP contribution is -2.02. The van der Waals surface area contributed by atoms with Crippen LogP contribution in [0.1, 0.15) is 5.56 Å². The van der Waals surface area contributed by atoms with E-state index in [9.17, 15) is 0 Å². The van der Waals surface area contributed by atoms with Crippen molar-refractivity contribution in [1.82, 2.24) is 15.0 Å². The van der Waals surface area contributed by atoms with Gasteiger partial charge in [0.05, 0.1) is 12.7 Å². The number of hydrogen-bond acceptors (Lipinski definition) is 2. The summed E-state index contributed by atoms with van der Waals surface area (Å²) in [4.78, 5) is 1.57. The van der Waals surface area contributed by atoms with E-state index in [1.54, 1.807) is 4.80 Å². The van der Waals surface area contributed by atoms with Crippen molar-refractivity contribution in [1.29, 1.82) is 0 Å². The molecule has 1 aromatic carbocycles. The van der Waals surface area contributed by atoms with E-state index in [0.29, 0.717) is 11.7 Å². The predicted octanol–water partition coefficient (Wildman–Crippen LogP) is 1.98. The van der Waals surface area contributed by atoms with E-state index in [1.165, 1.54) is 6.20 Å². The molecule has 0 atom stereocenters. The van der Waals surface area contributed by atoms with Gasteiger partial charge in [-0.15, -0.1) is 5.10 Å². The van der Waals surface area contributed by atoms with E-state index in [2.05, 4.69) is 10.2 Å². The second-order valence-electron chi connectivity index (χ2n) is 2.68. The first-order chi connectivity index (χ1) is 6.34. The number of halogens is 1. The van der Waals surface area contributed by atoms with Crippen LogP contribution in [0.25, 0.3) is 0 Å². The molecular weight excluding hydrogens is 186 g/mol. The minimum absolute atomic E-state index is 0.427. The zero-order valence-electron chi connectivity index (χ0n) is 6.89. The molecule has 0 spiro atoms. The van der Waals surface area contributed by atoms with E-state index < -0.39 is 0 Å². The van der Waals surface area contributed by atoms with Gasteiger partial charge in [-0.05, 0) is 5.56 Å². The van der Waals surface area contributed by atoms with Gasteiger partial charge in [-0.25, -0.2) is 0 Å². The SMILES string of the molecule is Clc1cnn(Cc2ccccc2)n1. The lowest BCUT2D eigenvalue weighted by atomic mass is 10.2. The topological polar surface area (TPSA) is 30.7 Å². The van der Waals surface area contributed by atoms with Crippen LogP contribution in [-0.2, 0) is 6.54 Å². The number of nitrogens with zero attached hydrogens (tertiary/aromatic N) is 3. The summed E-state index contributed by atoms with van der Waals surface area (Å²) in [5.41, 5.74) is 1.16. The van der Waals surface area contributed by atoms with Crippen molar-refractivity contribution in [2.45, 2.75) is 6.54 Å². The number of hydrogen-bond donors (Lipinski definition) is 0. The van der Waals surface area contributed by atoms with Crippen LogP contribution in [-0.4, -0.2) is 15.0 Å². The molecule has 0 unspecified atom stereocenters. The molecule has 66 valence electrons. The molecule has 0 saturated heterocycles. The van der Waals surface area contributed by atoms with Crippen molar-refractivity contribution in [3.05, 3.63) is 47.2 Å². The quantitative estimate of drug-likeness (QED) is 0.730. The molecule has 13 heavy (non-hydrogen) atoms. The van der Waals surface area contributed by atoms with Crippen LogP contribution in [0.15, 0.2) is 36.5 Å². The Kier molecular flexibility index (Phi) is 2.27. The Morgan fingerprint density at radius 2 is 2.00 bits per heavy atom. The molecule has 2 aromatic rings. The third-order valence-electron chi connectivity index (χ3n) is 1.68. The third kappa shape index (κ3) is 2.06. The van der Waals surface area contributed by atoms with Gasteiger partial charge >= 0.3 is 0 Å². The van der Waals surface area contributed by atoms with Crippen molar-refractivity contribution in [3.8, 4) is 0 Å². The van der Waals surface area contributed by atoms with Crippen molar-refractivity contribution < 1.29 is 0 Å². The molecule has 0 bridgehead atoms. The monoisotopic (exact) mass is 193 g/mol. The molecule has 3 nitrogen and oxygen atoms in total. The zero-order valence-corrected chi connectivity index (χ0v) is 7.65. The van der Waals surface area contributed by atoms with Crippen molar-refractivity contribution >= 4 is 11.6 Å². The summed E-state index contributed by atoms with van der Waals surface area (Å²) in [5.74, 6) is 0. The number of rotatable bonds is 2. The van der Waals surface area contributed by atoms with E-state index in [-0.39, 0.29) is 0 Å². The molecule has 4 heteroatoms. The molecule has 0 saturated carbocycles. The maximum absolute atomic E-state index is 5.63. The molecule has 1 aromatic heterocycles. The Morgan fingerprint density at radius 3 is 2.62 bits per heavy atom. The van der Waals surface area contributed by atoms with Crippen LogP contribution in [0.4, 0.5) is 0 Å². The van der Waals surface area contributed by atoms with Gasteiger partial charge in [0.15, 0.2) is 5.15 Å². The van der Waals surface area contributed by atoms with E-state index in [4.69, 9.17) is 11.6 Å². The number of benzene rings is 1. The summed E-state index contributed by atoms with van der Waals surface area (Å²) >= 11 is 5.63. The normalized spacial score (nSPS) is 10.2. The minimum atomic E-state index is 0.427. The molecule has 0 N–H and O–H groups in total. The van der Waals surface area contributed by atoms with Crippen LogP contribution < -0.4 is 0 Å². The van der Waals surface area contributed by atoms with Crippen LogP contribution in [0, 0.1) is 0 Å². The highest BCUT2D eigenvalue weighted by Gasteiger charge is 1.97. The van der Waals surface area contributed by atoms with Crippen LogP contribution in [0.5, 0.6) is 0 Å². The molecule has 1 heterocycles. The molecule has 0 radical (unpaired) electrons. The molecule has 2 rings (SSSR count). The lowest BCUT2D eigenvalue weighted by Gasteiger charge is -1.98.